The number of rotatable bonds is 8. The topological polar surface area (TPSA) is 46.0 Å². The molecule has 0 radical (unpaired) electrons. The van der Waals surface area contributed by atoms with E-state index < -0.39 is 0 Å². The summed E-state index contributed by atoms with van der Waals surface area (Å²) in [5, 5.41) is 0. The van der Waals surface area contributed by atoms with Crippen molar-refractivity contribution in [2.24, 2.45) is 0 Å². The molecule has 7 nitrogen and oxygen atoms in total. The average molecular weight is 1050 g/mol. The van der Waals surface area contributed by atoms with Crippen LogP contribution in [0, 0.1) is 49.5 Å². The van der Waals surface area contributed by atoms with Crippen LogP contribution in [0.25, 0.3) is 22.4 Å². The molecule has 0 aliphatic carbocycles. The molecular weight excluding hydrogens is 1020 g/mol. The number of benzene rings is 4. The summed E-state index contributed by atoms with van der Waals surface area (Å²) in [5.41, 5.74) is 5.33. The minimum Gasteiger partial charge on any atom is -0.669 e. The van der Waals surface area contributed by atoms with E-state index in [1.54, 1.807) is 23.2 Å². The van der Waals surface area contributed by atoms with E-state index in [0.717, 1.165) is 46.8 Å². The van der Waals surface area contributed by atoms with Gasteiger partial charge in [-0.1, -0.05) is 24.0 Å². The van der Waals surface area contributed by atoms with Crippen molar-refractivity contribution in [1.29, 1.82) is 0 Å². The Morgan fingerprint density at radius 2 is 1.47 bits per heavy atom. The molecule has 0 bridgehead atoms. The van der Waals surface area contributed by atoms with Gasteiger partial charge in [0.2, 0.25) is 0 Å². The minimum absolute atomic E-state index is 0. The summed E-state index contributed by atoms with van der Waals surface area (Å²) in [5.74, 6) is 2.49. The standard InChI is InChI=1S/C38H30N4O2.C6H4N.2Pt/c1-40-20-21-42(28-40)32-11-9-15-36(26-32)44-37-24-31(22-33(27-37)41-18-6-3-7-19-41)38-25-30(16-17-39-38)29-10-8-14-35(23-29)43-34-12-4-2-5-13-34;1-2-7-5-3-4-6-7;;/h2,4-5,8-12,14-15,17,20-22,25,27-28H,3,6-7,18-19H2,1H3;3-6H;;/q-6;-1;;+4. The summed E-state index contributed by atoms with van der Waals surface area (Å²) in [6.45, 7) is 4.01. The molecule has 2 aliphatic rings. The van der Waals surface area contributed by atoms with Gasteiger partial charge in [0.05, 0.1) is 0 Å². The molecule has 4 heterocycles. The van der Waals surface area contributed by atoms with Crippen LogP contribution in [0.4, 0.5) is 11.4 Å². The zero-order valence-corrected chi connectivity index (χ0v) is 33.4. The number of nitrogens with zero attached hydrogens (tertiary/aromatic N) is 5. The zero-order valence-electron chi connectivity index (χ0n) is 28.8. The predicted molar refractivity (Wildman–Crippen MR) is 199 cm³/mol. The molecule has 0 N–H and O–H groups in total. The maximum atomic E-state index is 6.57. The predicted octanol–water partition coefficient (Wildman–Crippen LogP) is 9.21. The molecule has 0 spiro atoms. The second kappa shape index (κ2) is 19.2. The third kappa shape index (κ3) is 10.5. The number of piperidine rings is 1. The van der Waals surface area contributed by atoms with Gasteiger partial charge in [-0.25, -0.2) is 24.2 Å². The molecule has 0 atom stereocenters. The molecule has 2 aromatic heterocycles. The Labute approximate surface area is 341 Å². The summed E-state index contributed by atoms with van der Waals surface area (Å²) < 4.78 is 13.9. The average Bonchev–Trinajstić information content (AvgIpc) is 3.88. The van der Waals surface area contributed by atoms with Crippen molar-refractivity contribution in [3.05, 3.63) is 165 Å². The van der Waals surface area contributed by atoms with Crippen molar-refractivity contribution in [1.82, 2.24) is 14.5 Å². The normalized spacial score (nSPS) is 13.2. The largest absolute Gasteiger partial charge is 4.00 e. The second-order valence-electron chi connectivity index (χ2n) is 12.0. The zero-order chi connectivity index (χ0) is 34.8. The monoisotopic (exact) mass is 1050 g/mol. The van der Waals surface area contributed by atoms with Crippen molar-refractivity contribution in [3.8, 4) is 51.4 Å². The van der Waals surface area contributed by atoms with Crippen molar-refractivity contribution in [3.63, 3.8) is 0 Å². The van der Waals surface area contributed by atoms with E-state index in [2.05, 4.69) is 53.4 Å². The van der Waals surface area contributed by atoms with Gasteiger partial charge in [-0.3, -0.25) is 11.1 Å². The van der Waals surface area contributed by atoms with Crippen LogP contribution in [0.15, 0.2) is 122 Å². The quantitative estimate of drug-likeness (QED) is 0.112. The maximum Gasteiger partial charge on any atom is 4.00 e. The van der Waals surface area contributed by atoms with Crippen LogP contribution in [0.5, 0.6) is 23.0 Å². The van der Waals surface area contributed by atoms with Gasteiger partial charge in [0, 0.05) is 69.5 Å². The molecule has 8 rings (SSSR count). The van der Waals surface area contributed by atoms with Crippen molar-refractivity contribution in [2.45, 2.75) is 19.3 Å². The van der Waals surface area contributed by atoms with Crippen molar-refractivity contribution >= 4 is 11.4 Å². The van der Waals surface area contributed by atoms with Crippen LogP contribution in [-0.4, -0.2) is 34.6 Å². The molecule has 0 amide bonds. The van der Waals surface area contributed by atoms with Gasteiger partial charge in [-0.05, 0) is 56.5 Å². The van der Waals surface area contributed by atoms with Gasteiger partial charge in [-0.15, -0.1) is 53.7 Å². The third-order valence-electron chi connectivity index (χ3n) is 8.24. The first-order valence-corrected chi connectivity index (χ1v) is 16.8. The molecule has 0 saturated carbocycles. The van der Waals surface area contributed by atoms with Gasteiger partial charge < -0.3 is 40.1 Å². The Balaban J connectivity index is 0.000000542. The van der Waals surface area contributed by atoms with Gasteiger partial charge in [0.15, 0.2) is 0 Å². The van der Waals surface area contributed by atoms with Gasteiger partial charge >= 0.3 is 21.1 Å². The van der Waals surface area contributed by atoms with Crippen LogP contribution >= 0.6 is 0 Å². The van der Waals surface area contributed by atoms with E-state index >= 15 is 0 Å². The molecule has 4 aromatic carbocycles. The Morgan fingerprint density at radius 3 is 2.19 bits per heavy atom. The molecule has 2 aliphatic heterocycles. The molecular formula is C44H34N5O2Pt2-3. The second-order valence-corrected chi connectivity index (χ2v) is 12.0. The first-order valence-electron chi connectivity index (χ1n) is 16.8. The summed E-state index contributed by atoms with van der Waals surface area (Å²) in [6.07, 6.45) is 19.4. The van der Waals surface area contributed by atoms with Gasteiger partial charge in [-0.2, -0.15) is 43.1 Å². The fourth-order valence-corrected chi connectivity index (χ4v) is 5.74. The maximum absolute atomic E-state index is 6.57. The Morgan fingerprint density at radius 1 is 0.736 bits per heavy atom. The van der Waals surface area contributed by atoms with E-state index in [1.807, 2.05) is 115 Å². The summed E-state index contributed by atoms with van der Waals surface area (Å²) in [4.78, 5) is 11.1. The Kier molecular flexibility index (Phi) is 14.2. The van der Waals surface area contributed by atoms with Crippen LogP contribution in [0.3, 0.4) is 0 Å². The van der Waals surface area contributed by atoms with E-state index in [9.17, 15) is 0 Å². The van der Waals surface area contributed by atoms with Crippen LogP contribution in [-0.2, 0) is 42.1 Å². The number of aromatic nitrogens is 2. The summed E-state index contributed by atoms with van der Waals surface area (Å²) in [6, 6.07) is 47.9. The Bertz CT molecular complexity index is 2130. The molecule has 53 heavy (non-hydrogen) atoms. The number of anilines is 2. The molecule has 1 fully saturated rings. The fraction of sp³-hybridized carbons (Fsp3) is 0.136. The molecule has 9 heteroatoms. The van der Waals surface area contributed by atoms with E-state index in [1.165, 1.54) is 19.3 Å². The number of para-hydroxylation sites is 1. The number of hydrogen-bond donors (Lipinski definition) is 0. The third-order valence-corrected chi connectivity index (χ3v) is 8.24. The number of ether oxygens (including phenoxy) is 2. The SMILES string of the molecule is CN1C=CN(c2[c-]c(Oc3[c-]c(-c4cc(-c5[c-]c(Oc6[c-]cccc6)ccc5)[c-]cn4)cc(N4CCCCC4)c3)ccc2)[CH-]1.[C-]#Cn1cccc1.[Pt+4].[Pt]. The first kappa shape index (κ1) is 39.2. The molecule has 1 saturated heterocycles. The van der Waals surface area contributed by atoms with Crippen LogP contribution in [0.2, 0.25) is 0 Å². The van der Waals surface area contributed by atoms with E-state index in [0.29, 0.717) is 23.0 Å². The van der Waals surface area contributed by atoms with Crippen LogP contribution in [0.1, 0.15) is 19.3 Å². The van der Waals surface area contributed by atoms with Gasteiger partial charge in [0.1, 0.15) is 0 Å². The number of pyridine rings is 1. The summed E-state index contributed by atoms with van der Waals surface area (Å²) in [7, 11) is 1.99. The minimum atomic E-state index is 0. The summed E-state index contributed by atoms with van der Waals surface area (Å²) >= 11 is 0. The Hall–Kier alpha value is -5.01. The molecule has 0 unspecified atom stereocenters. The van der Waals surface area contributed by atoms with Crippen molar-refractivity contribution < 1.29 is 51.6 Å². The fourth-order valence-electron chi connectivity index (χ4n) is 5.74. The van der Waals surface area contributed by atoms with E-state index in [4.69, 9.17) is 20.9 Å². The molecule has 270 valence electrons. The number of hydrogen-bond acceptors (Lipinski definition) is 6. The van der Waals surface area contributed by atoms with Crippen molar-refractivity contribution in [2.75, 3.05) is 29.9 Å². The van der Waals surface area contributed by atoms with E-state index in [-0.39, 0.29) is 42.1 Å². The van der Waals surface area contributed by atoms with Crippen LogP contribution < -0.4 is 19.3 Å². The smallest absolute Gasteiger partial charge is 0.669 e. The van der Waals surface area contributed by atoms with Gasteiger partial charge in [0.25, 0.3) is 0 Å². The molecule has 6 aromatic rings. The first-order chi connectivity index (χ1) is 25.1.